The Kier molecular flexibility index (Phi) is 2.08. The van der Waals surface area contributed by atoms with E-state index >= 15 is 0 Å². The van der Waals surface area contributed by atoms with Crippen LogP contribution >= 0.6 is 0 Å². The maximum atomic E-state index is 11.0. The molecule has 0 saturated heterocycles. The maximum absolute atomic E-state index is 11.0. The fraction of sp³-hybridized carbons (Fsp3) is 0. The van der Waals surface area contributed by atoms with Gasteiger partial charge in [0, 0.05) is 11.1 Å². The third-order valence-electron chi connectivity index (χ3n) is 2.16. The first-order valence-corrected chi connectivity index (χ1v) is 5.52. The van der Waals surface area contributed by atoms with Gasteiger partial charge in [-0.05, 0) is 12.1 Å². The van der Waals surface area contributed by atoms with Crippen LogP contribution in [0.5, 0.6) is 0 Å². The summed E-state index contributed by atoms with van der Waals surface area (Å²) < 4.78 is 30.9. The van der Waals surface area contributed by atoms with Gasteiger partial charge in [-0.25, -0.2) is 4.79 Å². The van der Waals surface area contributed by atoms with Gasteiger partial charge in [-0.15, -0.1) is 0 Å². The number of carbonyl (C=O) groups excluding carboxylic acids is 1. The fourth-order valence-corrected chi connectivity index (χ4v) is 2.23. The van der Waals surface area contributed by atoms with E-state index < -0.39 is 10.1 Å². The van der Waals surface area contributed by atoms with Gasteiger partial charge >= 0.3 is 0 Å². The Balaban J connectivity index is 2.81. The van der Waals surface area contributed by atoms with Crippen molar-refractivity contribution in [2.75, 3.05) is 0 Å². The number of rotatable bonds is 1. The quantitative estimate of drug-likeness (QED) is 0.572. The Morgan fingerprint density at radius 1 is 1.20 bits per heavy atom. The number of benzene rings is 1. The van der Waals surface area contributed by atoms with Crippen molar-refractivity contribution in [2.45, 2.75) is 4.90 Å². The minimum absolute atomic E-state index is 0.193. The summed E-state index contributed by atoms with van der Waals surface area (Å²) in [5.74, 6) is 1.70. The van der Waals surface area contributed by atoms with Gasteiger partial charge in [0.25, 0.3) is 10.1 Å². The molecule has 0 heterocycles. The van der Waals surface area contributed by atoms with Crippen molar-refractivity contribution < 1.29 is 17.8 Å². The highest BCUT2D eigenvalue weighted by atomic mass is 32.2. The molecular weight excluding hydrogens is 216 g/mol. The van der Waals surface area contributed by atoms with Crippen molar-refractivity contribution in [3.05, 3.63) is 35.4 Å². The summed E-state index contributed by atoms with van der Waals surface area (Å²) in [5.41, 5.74) is 1.09. The van der Waals surface area contributed by atoms with E-state index in [-0.39, 0.29) is 10.5 Å². The smallest absolute Gasteiger partial charge is 0.282 e. The van der Waals surface area contributed by atoms with Gasteiger partial charge in [-0.2, -0.15) is 8.42 Å². The molecule has 0 spiro atoms. The predicted molar refractivity (Wildman–Crippen MR) is 54.4 cm³/mol. The molecule has 1 aliphatic rings. The first kappa shape index (κ1) is 9.86. The lowest BCUT2D eigenvalue weighted by Crippen LogP contribution is -2.01. The average molecular weight is 222 g/mol. The number of hydrogen-bond donors (Lipinski definition) is 1. The molecule has 76 valence electrons. The highest BCUT2D eigenvalue weighted by Gasteiger charge is 2.21. The number of allylic oxidation sites excluding steroid dienone is 2. The normalized spacial score (nSPS) is 13.8. The maximum Gasteiger partial charge on any atom is 0.295 e. The molecule has 0 aliphatic heterocycles. The third-order valence-corrected chi connectivity index (χ3v) is 3.07. The van der Waals surface area contributed by atoms with Crippen LogP contribution in [0.4, 0.5) is 0 Å². The zero-order chi connectivity index (χ0) is 11.1. The Labute approximate surface area is 86.3 Å². The van der Waals surface area contributed by atoms with E-state index in [9.17, 15) is 13.2 Å². The van der Waals surface area contributed by atoms with Gasteiger partial charge in [0.2, 0.25) is 0 Å². The largest absolute Gasteiger partial charge is 0.295 e. The van der Waals surface area contributed by atoms with Crippen LogP contribution in [0.2, 0.25) is 0 Å². The van der Waals surface area contributed by atoms with Gasteiger partial charge in [0.1, 0.15) is 10.8 Å². The molecule has 0 radical (unpaired) electrons. The van der Waals surface area contributed by atoms with Crippen LogP contribution in [-0.2, 0) is 14.9 Å². The van der Waals surface area contributed by atoms with Gasteiger partial charge in [0.05, 0.1) is 5.57 Å². The van der Waals surface area contributed by atoms with Crippen LogP contribution < -0.4 is 0 Å². The van der Waals surface area contributed by atoms with Crippen LogP contribution in [0, 0.1) is 0 Å². The second kappa shape index (κ2) is 3.17. The monoisotopic (exact) mass is 222 g/mol. The van der Waals surface area contributed by atoms with Crippen molar-refractivity contribution in [2.24, 2.45) is 0 Å². The first-order chi connectivity index (χ1) is 7.04. The summed E-state index contributed by atoms with van der Waals surface area (Å²) in [7, 11) is -4.25. The Bertz CT molecular complexity index is 604. The molecular formula is C10H6O4S. The van der Waals surface area contributed by atoms with Crippen molar-refractivity contribution in [1.29, 1.82) is 0 Å². The predicted octanol–water partition coefficient (Wildman–Crippen LogP) is 1.18. The topological polar surface area (TPSA) is 71.4 Å². The van der Waals surface area contributed by atoms with Gasteiger partial charge in [0.15, 0.2) is 0 Å². The van der Waals surface area contributed by atoms with E-state index in [1.54, 1.807) is 12.0 Å². The molecule has 0 unspecified atom stereocenters. The molecule has 1 aromatic carbocycles. The lowest BCUT2D eigenvalue weighted by molar-refractivity contribution is 0.483. The highest BCUT2D eigenvalue weighted by Crippen LogP contribution is 2.31. The molecule has 1 aliphatic carbocycles. The second-order valence-electron chi connectivity index (χ2n) is 3.04. The van der Waals surface area contributed by atoms with E-state index in [1.165, 1.54) is 24.3 Å². The average Bonchev–Trinajstić information content (AvgIpc) is 2.58. The summed E-state index contributed by atoms with van der Waals surface area (Å²) in [4.78, 5) is 10.3. The van der Waals surface area contributed by atoms with Crippen LogP contribution in [-0.4, -0.2) is 18.9 Å². The molecule has 0 fully saturated rings. The summed E-state index contributed by atoms with van der Waals surface area (Å²) in [6, 6.07) is 4.35. The Hall–Kier alpha value is -1.68. The summed E-state index contributed by atoms with van der Waals surface area (Å²) in [6.07, 6.45) is 2.94. The molecule has 0 bridgehead atoms. The van der Waals surface area contributed by atoms with Crippen LogP contribution in [0.3, 0.4) is 0 Å². The highest BCUT2D eigenvalue weighted by molar-refractivity contribution is 7.86. The van der Waals surface area contributed by atoms with E-state index in [0.29, 0.717) is 11.1 Å². The molecule has 0 atom stereocenters. The first-order valence-electron chi connectivity index (χ1n) is 4.08. The lowest BCUT2D eigenvalue weighted by Gasteiger charge is -2.03. The van der Waals surface area contributed by atoms with E-state index in [1.807, 2.05) is 0 Å². The SMILES string of the molecule is O=C=C1C=Cc2c1cccc2S(=O)(=O)O. The molecule has 1 aromatic rings. The minimum atomic E-state index is -4.25. The molecule has 0 amide bonds. The lowest BCUT2D eigenvalue weighted by atomic mass is 10.1. The molecule has 5 heteroatoms. The van der Waals surface area contributed by atoms with Gasteiger partial charge in [-0.1, -0.05) is 18.2 Å². The molecule has 0 aromatic heterocycles. The number of fused-ring (bicyclic) bond motifs is 1. The van der Waals surface area contributed by atoms with Crippen LogP contribution in [0.25, 0.3) is 11.6 Å². The zero-order valence-electron chi connectivity index (χ0n) is 7.47. The molecule has 2 rings (SSSR count). The second-order valence-corrected chi connectivity index (χ2v) is 4.43. The van der Waals surface area contributed by atoms with Crippen LogP contribution in [0.15, 0.2) is 29.2 Å². The molecule has 0 saturated carbocycles. The molecule has 4 nitrogen and oxygen atoms in total. The van der Waals surface area contributed by atoms with Gasteiger partial charge < -0.3 is 0 Å². The van der Waals surface area contributed by atoms with Crippen molar-refractivity contribution in [1.82, 2.24) is 0 Å². The standard InChI is InChI=1S/C10H6O4S/c11-6-7-4-5-9-8(7)2-1-3-10(9)15(12,13)14/h1-5H,(H,12,13,14). The molecule has 1 N–H and O–H groups in total. The van der Waals surface area contributed by atoms with Crippen molar-refractivity contribution >= 4 is 27.7 Å². The van der Waals surface area contributed by atoms with E-state index in [2.05, 4.69) is 0 Å². The fourth-order valence-electron chi connectivity index (χ4n) is 1.52. The number of hydrogen-bond acceptors (Lipinski definition) is 3. The van der Waals surface area contributed by atoms with Crippen LogP contribution in [0.1, 0.15) is 11.1 Å². The summed E-state index contributed by atoms with van der Waals surface area (Å²) in [5, 5.41) is 0. The Morgan fingerprint density at radius 3 is 2.53 bits per heavy atom. The third kappa shape index (κ3) is 1.53. The summed E-state index contributed by atoms with van der Waals surface area (Å²) >= 11 is 0. The van der Waals surface area contributed by atoms with Crippen molar-refractivity contribution in [3.8, 4) is 0 Å². The Morgan fingerprint density at radius 2 is 1.93 bits per heavy atom. The summed E-state index contributed by atoms with van der Waals surface area (Å²) in [6.45, 7) is 0. The van der Waals surface area contributed by atoms with E-state index in [4.69, 9.17) is 4.55 Å². The zero-order valence-corrected chi connectivity index (χ0v) is 8.28. The van der Waals surface area contributed by atoms with Crippen molar-refractivity contribution in [3.63, 3.8) is 0 Å². The minimum Gasteiger partial charge on any atom is -0.282 e. The van der Waals surface area contributed by atoms with Gasteiger partial charge in [-0.3, -0.25) is 4.55 Å². The van der Waals surface area contributed by atoms with E-state index in [0.717, 1.165) is 0 Å². The molecule has 15 heavy (non-hydrogen) atoms.